The van der Waals surface area contributed by atoms with Crippen LogP contribution in [0.25, 0.3) is 0 Å². The van der Waals surface area contributed by atoms with E-state index in [-0.39, 0.29) is 36.2 Å². The Morgan fingerprint density at radius 2 is 1.05 bits per heavy atom. The minimum Gasteiger partial charge on any atom is -0.355 e. The average Bonchev–Trinajstić information content (AvgIpc) is 2.42. The van der Waals surface area contributed by atoms with Crippen molar-refractivity contribution in [3.8, 4) is 0 Å². The molecule has 0 saturated heterocycles. The fourth-order valence-corrected chi connectivity index (χ4v) is 2.73. The Kier molecular flexibility index (Phi) is 7.77. The molecule has 1 aliphatic rings. The standard InChI is InChI=1S/C16H26N2O4/c1-11(19)7-15(21)17-9-13-3-5-14(6-4-13)10-18-16(22)8-12(2)20/h13-14H,3-10H2,1-2H3,(H,17,21)(H,18,22). The zero-order valence-electron chi connectivity index (χ0n) is 13.4. The van der Waals surface area contributed by atoms with Crippen LogP contribution in [0.2, 0.25) is 0 Å². The van der Waals surface area contributed by atoms with Crippen molar-refractivity contribution in [2.24, 2.45) is 11.8 Å². The van der Waals surface area contributed by atoms with Crippen molar-refractivity contribution in [2.75, 3.05) is 13.1 Å². The minimum atomic E-state index is -0.203. The molecule has 1 fully saturated rings. The third-order valence-electron chi connectivity index (χ3n) is 3.96. The van der Waals surface area contributed by atoms with E-state index in [9.17, 15) is 19.2 Å². The van der Waals surface area contributed by atoms with Crippen molar-refractivity contribution in [3.63, 3.8) is 0 Å². The number of hydrogen-bond acceptors (Lipinski definition) is 4. The molecule has 1 saturated carbocycles. The molecule has 2 N–H and O–H groups in total. The van der Waals surface area contributed by atoms with Gasteiger partial charge in [-0.1, -0.05) is 0 Å². The highest BCUT2D eigenvalue weighted by atomic mass is 16.2. The van der Waals surface area contributed by atoms with Gasteiger partial charge in [0, 0.05) is 13.1 Å². The van der Waals surface area contributed by atoms with Gasteiger partial charge in [0.15, 0.2) is 0 Å². The molecule has 0 aromatic rings. The number of nitrogens with one attached hydrogen (secondary N) is 2. The lowest BCUT2D eigenvalue weighted by Gasteiger charge is -2.28. The van der Waals surface area contributed by atoms with Gasteiger partial charge < -0.3 is 10.6 Å². The molecule has 0 aromatic carbocycles. The van der Waals surface area contributed by atoms with E-state index in [1.165, 1.54) is 13.8 Å². The maximum atomic E-state index is 11.4. The number of rotatable bonds is 8. The van der Waals surface area contributed by atoms with Crippen LogP contribution in [-0.2, 0) is 19.2 Å². The summed E-state index contributed by atoms with van der Waals surface area (Å²) in [5.74, 6) is 0.238. The average molecular weight is 310 g/mol. The van der Waals surface area contributed by atoms with E-state index in [0.29, 0.717) is 24.9 Å². The largest absolute Gasteiger partial charge is 0.355 e. The summed E-state index contributed by atoms with van der Waals surface area (Å²) in [5, 5.41) is 5.61. The van der Waals surface area contributed by atoms with E-state index in [1.807, 2.05) is 0 Å². The molecule has 6 nitrogen and oxygen atoms in total. The van der Waals surface area contributed by atoms with Gasteiger partial charge in [-0.05, 0) is 51.4 Å². The molecule has 0 aliphatic heterocycles. The molecule has 0 aromatic heterocycles. The molecule has 1 rings (SSSR count). The van der Waals surface area contributed by atoms with E-state index >= 15 is 0 Å². The van der Waals surface area contributed by atoms with Crippen LogP contribution in [0.1, 0.15) is 52.4 Å². The molecular formula is C16H26N2O4. The second-order valence-electron chi connectivity index (χ2n) is 6.25. The Balaban J connectivity index is 2.15. The van der Waals surface area contributed by atoms with Gasteiger partial charge >= 0.3 is 0 Å². The summed E-state index contributed by atoms with van der Waals surface area (Å²) in [4.78, 5) is 44.5. The topological polar surface area (TPSA) is 92.3 Å². The molecule has 0 unspecified atom stereocenters. The predicted octanol–water partition coefficient (Wildman–Crippen LogP) is 0.983. The van der Waals surface area contributed by atoms with E-state index in [4.69, 9.17) is 0 Å². The van der Waals surface area contributed by atoms with Crippen LogP contribution in [0.5, 0.6) is 0 Å². The zero-order chi connectivity index (χ0) is 16.5. The Morgan fingerprint density at radius 3 is 1.32 bits per heavy atom. The summed E-state index contributed by atoms with van der Waals surface area (Å²) in [5.41, 5.74) is 0. The highest BCUT2D eigenvalue weighted by Crippen LogP contribution is 2.27. The molecule has 22 heavy (non-hydrogen) atoms. The number of Topliss-reactive ketones (excluding diaryl/α,β-unsaturated/α-hetero) is 2. The highest BCUT2D eigenvalue weighted by molar-refractivity contribution is 5.97. The molecule has 1 aliphatic carbocycles. The molecule has 2 amide bonds. The van der Waals surface area contributed by atoms with Crippen LogP contribution >= 0.6 is 0 Å². The van der Waals surface area contributed by atoms with Gasteiger partial charge in [-0.3, -0.25) is 19.2 Å². The quantitative estimate of drug-likeness (QED) is 0.654. The summed E-state index contributed by atoms with van der Waals surface area (Å²) >= 11 is 0. The SMILES string of the molecule is CC(=O)CC(=O)NCC1CCC(CNC(=O)CC(C)=O)CC1. The summed E-state index contributed by atoms with van der Waals surface area (Å²) in [6.07, 6.45) is 3.94. The summed E-state index contributed by atoms with van der Waals surface area (Å²) < 4.78 is 0. The Hall–Kier alpha value is -1.72. The van der Waals surface area contributed by atoms with Crippen LogP contribution in [0.15, 0.2) is 0 Å². The van der Waals surface area contributed by atoms with Crippen molar-refractivity contribution in [2.45, 2.75) is 52.4 Å². The number of hydrogen-bond donors (Lipinski definition) is 2. The smallest absolute Gasteiger partial charge is 0.227 e. The van der Waals surface area contributed by atoms with Crippen molar-refractivity contribution >= 4 is 23.4 Å². The maximum Gasteiger partial charge on any atom is 0.227 e. The molecule has 0 heterocycles. The maximum absolute atomic E-state index is 11.4. The van der Waals surface area contributed by atoms with Crippen molar-refractivity contribution < 1.29 is 19.2 Å². The van der Waals surface area contributed by atoms with E-state index < -0.39 is 0 Å². The number of carbonyl (C=O) groups excluding carboxylic acids is 4. The number of amides is 2. The van der Waals surface area contributed by atoms with E-state index in [2.05, 4.69) is 10.6 Å². The third-order valence-corrected chi connectivity index (χ3v) is 3.96. The van der Waals surface area contributed by atoms with E-state index in [0.717, 1.165) is 25.7 Å². The van der Waals surface area contributed by atoms with Crippen molar-refractivity contribution in [1.82, 2.24) is 10.6 Å². The normalized spacial score (nSPS) is 21.0. The molecular weight excluding hydrogens is 284 g/mol. The van der Waals surface area contributed by atoms with Gasteiger partial charge in [-0.25, -0.2) is 0 Å². The molecule has 0 radical (unpaired) electrons. The molecule has 6 heteroatoms. The Bertz CT molecular complexity index is 386. The second-order valence-corrected chi connectivity index (χ2v) is 6.25. The van der Waals surface area contributed by atoms with Gasteiger partial charge in [-0.15, -0.1) is 0 Å². The lowest BCUT2D eigenvalue weighted by atomic mass is 9.82. The Morgan fingerprint density at radius 1 is 0.727 bits per heavy atom. The summed E-state index contributed by atoms with van der Waals surface area (Å²) in [6.45, 7) is 4.06. The van der Waals surface area contributed by atoms with Crippen molar-refractivity contribution in [1.29, 1.82) is 0 Å². The first-order valence-electron chi connectivity index (χ1n) is 7.89. The van der Waals surface area contributed by atoms with Gasteiger partial charge in [-0.2, -0.15) is 0 Å². The molecule has 124 valence electrons. The molecule has 0 bridgehead atoms. The Labute approximate surface area is 131 Å². The second kappa shape index (κ2) is 9.33. The van der Waals surface area contributed by atoms with Gasteiger partial charge in [0.05, 0.1) is 12.8 Å². The van der Waals surface area contributed by atoms with Crippen molar-refractivity contribution in [3.05, 3.63) is 0 Å². The lowest BCUT2D eigenvalue weighted by molar-refractivity contribution is -0.129. The number of carbonyl (C=O) groups is 4. The van der Waals surface area contributed by atoms with Crippen LogP contribution in [0.3, 0.4) is 0 Å². The van der Waals surface area contributed by atoms with E-state index in [1.54, 1.807) is 0 Å². The minimum absolute atomic E-state index is 0.0441. The fraction of sp³-hybridized carbons (Fsp3) is 0.750. The first kappa shape index (κ1) is 18.3. The van der Waals surface area contributed by atoms with Gasteiger partial charge in [0.1, 0.15) is 11.6 Å². The van der Waals surface area contributed by atoms with Crippen LogP contribution in [0, 0.1) is 11.8 Å². The zero-order valence-corrected chi connectivity index (χ0v) is 13.4. The highest BCUT2D eigenvalue weighted by Gasteiger charge is 2.22. The van der Waals surface area contributed by atoms with Gasteiger partial charge in [0.2, 0.25) is 11.8 Å². The number of ketones is 2. The fourth-order valence-electron chi connectivity index (χ4n) is 2.73. The third kappa shape index (κ3) is 7.90. The van der Waals surface area contributed by atoms with Crippen LogP contribution < -0.4 is 10.6 Å². The first-order chi connectivity index (χ1) is 10.4. The monoisotopic (exact) mass is 310 g/mol. The summed E-state index contributed by atoms with van der Waals surface area (Å²) in [6, 6.07) is 0. The van der Waals surface area contributed by atoms with Crippen LogP contribution in [0.4, 0.5) is 0 Å². The first-order valence-corrected chi connectivity index (χ1v) is 7.89. The summed E-state index contributed by atoms with van der Waals surface area (Å²) in [7, 11) is 0. The van der Waals surface area contributed by atoms with Gasteiger partial charge in [0.25, 0.3) is 0 Å². The molecule has 0 spiro atoms. The van der Waals surface area contributed by atoms with Crippen LogP contribution in [-0.4, -0.2) is 36.5 Å². The lowest BCUT2D eigenvalue weighted by Crippen LogP contribution is -2.35. The predicted molar refractivity (Wildman–Crippen MR) is 82.1 cm³/mol. The molecule has 0 atom stereocenters.